The van der Waals surface area contributed by atoms with Gasteiger partial charge in [0, 0.05) is 11.9 Å². The Hall–Kier alpha value is -2.18. The standard InChI is InChI=1S/C15H16Cl2N4O2/c1-22-12-4-2-11(3-5-12)21-15(18)19-6-7-23-14-13(17)8-10(16)9-20-14/h2-5,8-9H,6-7H2,1H3,(H3,18,19,21). The van der Waals surface area contributed by atoms with Crippen molar-refractivity contribution >= 4 is 34.8 Å². The lowest BCUT2D eigenvalue weighted by atomic mass is 10.3. The largest absolute Gasteiger partial charge is 0.497 e. The summed E-state index contributed by atoms with van der Waals surface area (Å²) in [6.07, 6.45) is 1.46. The van der Waals surface area contributed by atoms with E-state index in [1.165, 1.54) is 6.20 Å². The Labute approximate surface area is 144 Å². The first-order valence-electron chi connectivity index (χ1n) is 6.73. The summed E-state index contributed by atoms with van der Waals surface area (Å²) in [5, 5.41) is 3.77. The van der Waals surface area contributed by atoms with Crippen LogP contribution >= 0.6 is 23.2 Å². The number of pyridine rings is 1. The predicted octanol–water partition coefficient (Wildman–Crippen LogP) is 3.20. The molecule has 0 aliphatic heterocycles. The lowest BCUT2D eigenvalue weighted by Crippen LogP contribution is -2.23. The summed E-state index contributed by atoms with van der Waals surface area (Å²) in [4.78, 5) is 8.14. The van der Waals surface area contributed by atoms with Crippen molar-refractivity contribution < 1.29 is 9.47 Å². The van der Waals surface area contributed by atoms with E-state index in [1.54, 1.807) is 13.2 Å². The minimum absolute atomic E-state index is 0.286. The van der Waals surface area contributed by atoms with E-state index in [4.69, 9.17) is 38.4 Å². The summed E-state index contributed by atoms with van der Waals surface area (Å²) in [6, 6.07) is 8.90. The highest BCUT2D eigenvalue weighted by molar-refractivity contribution is 6.35. The maximum atomic E-state index is 5.95. The summed E-state index contributed by atoms with van der Waals surface area (Å²) >= 11 is 11.7. The van der Waals surface area contributed by atoms with Crippen LogP contribution in [0.25, 0.3) is 0 Å². The number of aromatic nitrogens is 1. The van der Waals surface area contributed by atoms with Gasteiger partial charge in [-0.2, -0.15) is 0 Å². The highest BCUT2D eigenvalue weighted by Crippen LogP contribution is 2.24. The Balaban J connectivity index is 1.80. The first-order chi connectivity index (χ1) is 11.1. The van der Waals surface area contributed by atoms with E-state index in [9.17, 15) is 0 Å². The molecule has 0 spiro atoms. The van der Waals surface area contributed by atoms with Gasteiger partial charge in [0.1, 0.15) is 17.4 Å². The zero-order valence-electron chi connectivity index (χ0n) is 12.4. The molecule has 0 bridgehead atoms. The normalized spacial score (nSPS) is 11.2. The van der Waals surface area contributed by atoms with Crippen LogP contribution in [0.4, 0.5) is 5.69 Å². The molecule has 0 amide bonds. The zero-order chi connectivity index (χ0) is 16.7. The molecule has 0 radical (unpaired) electrons. The maximum Gasteiger partial charge on any atom is 0.232 e. The predicted molar refractivity (Wildman–Crippen MR) is 92.9 cm³/mol. The minimum Gasteiger partial charge on any atom is -0.497 e. The van der Waals surface area contributed by atoms with Crippen LogP contribution in [-0.2, 0) is 0 Å². The molecule has 0 aliphatic carbocycles. The van der Waals surface area contributed by atoms with Crippen LogP contribution in [0.1, 0.15) is 0 Å². The third-order valence-electron chi connectivity index (χ3n) is 2.75. The van der Waals surface area contributed by atoms with E-state index >= 15 is 0 Å². The number of nitrogens with one attached hydrogen (secondary N) is 1. The first kappa shape index (κ1) is 17.2. The van der Waals surface area contributed by atoms with Gasteiger partial charge in [-0.25, -0.2) is 9.98 Å². The fraction of sp³-hybridized carbons (Fsp3) is 0.200. The van der Waals surface area contributed by atoms with Crippen molar-refractivity contribution in [2.45, 2.75) is 0 Å². The monoisotopic (exact) mass is 354 g/mol. The van der Waals surface area contributed by atoms with Crippen molar-refractivity contribution in [1.82, 2.24) is 4.98 Å². The molecule has 0 saturated carbocycles. The van der Waals surface area contributed by atoms with Crippen molar-refractivity contribution in [2.24, 2.45) is 10.7 Å². The minimum atomic E-state index is 0.286. The number of methoxy groups -OCH3 is 1. The Morgan fingerprint density at radius 2 is 2.04 bits per heavy atom. The lowest BCUT2D eigenvalue weighted by Gasteiger charge is -2.08. The lowest BCUT2D eigenvalue weighted by molar-refractivity contribution is 0.316. The fourth-order valence-corrected chi connectivity index (χ4v) is 2.11. The fourth-order valence-electron chi connectivity index (χ4n) is 1.68. The number of rotatable bonds is 6. The number of aliphatic imine (C=N–C) groups is 1. The topological polar surface area (TPSA) is 81.8 Å². The second-order valence-electron chi connectivity index (χ2n) is 4.41. The number of guanidine groups is 1. The van der Waals surface area contributed by atoms with Crippen molar-refractivity contribution in [3.8, 4) is 11.6 Å². The van der Waals surface area contributed by atoms with Crippen molar-refractivity contribution in [3.05, 3.63) is 46.6 Å². The molecule has 23 heavy (non-hydrogen) atoms. The van der Waals surface area contributed by atoms with Crippen LogP contribution in [0.3, 0.4) is 0 Å². The third-order valence-corrected chi connectivity index (χ3v) is 3.23. The average Bonchev–Trinajstić information content (AvgIpc) is 2.54. The molecule has 6 nitrogen and oxygen atoms in total. The highest BCUT2D eigenvalue weighted by atomic mass is 35.5. The number of nitrogens with two attached hydrogens (primary N) is 1. The van der Waals surface area contributed by atoms with Crippen molar-refractivity contribution in [2.75, 3.05) is 25.6 Å². The Bertz CT molecular complexity index is 678. The van der Waals surface area contributed by atoms with Gasteiger partial charge in [-0.1, -0.05) is 23.2 Å². The second kappa shape index (κ2) is 8.45. The zero-order valence-corrected chi connectivity index (χ0v) is 13.9. The van der Waals surface area contributed by atoms with Gasteiger partial charge in [-0.05, 0) is 30.3 Å². The van der Waals surface area contributed by atoms with Crippen LogP contribution in [0, 0.1) is 0 Å². The Morgan fingerprint density at radius 1 is 1.30 bits per heavy atom. The third kappa shape index (κ3) is 5.50. The second-order valence-corrected chi connectivity index (χ2v) is 5.25. The summed E-state index contributed by atoms with van der Waals surface area (Å²) in [5.41, 5.74) is 6.61. The van der Waals surface area contributed by atoms with Gasteiger partial charge in [0.05, 0.1) is 18.7 Å². The SMILES string of the molecule is COc1ccc(NC(N)=NCCOc2ncc(Cl)cc2Cl)cc1. The van der Waals surface area contributed by atoms with Gasteiger partial charge < -0.3 is 20.5 Å². The molecule has 1 aromatic heterocycles. The number of nitrogens with zero attached hydrogens (tertiary/aromatic N) is 2. The van der Waals surface area contributed by atoms with Crippen LogP contribution < -0.4 is 20.5 Å². The Morgan fingerprint density at radius 3 is 2.70 bits per heavy atom. The summed E-state index contributed by atoms with van der Waals surface area (Å²) in [5.74, 6) is 1.37. The van der Waals surface area contributed by atoms with E-state index in [-0.39, 0.29) is 5.96 Å². The van der Waals surface area contributed by atoms with Gasteiger partial charge in [0.2, 0.25) is 5.88 Å². The number of hydrogen-bond acceptors (Lipinski definition) is 4. The molecule has 2 rings (SSSR count). The number of benzene rings is 1. The van der Waals surface area contributed by atoms with Crippen LogP contribution in [0.2, 0.25) is 10.0 Å². The molecule has 0 unspecified atom stereocenters. The maximum absolute atomic E-state index is 5.95. The molecule has 0 fully saturated rings. The molecular formula is C15H16Cl2N4O2. The highest BCUT2D eigenvalue weighted by Gasteiger charge is 2.03. The molecule has 2 aromatic rings. The van der Waals surface area contributed by atoms with E-state index in [0.717, 1.165) is 11.4 Å². The summed E-state index contributed by atoms with van der Waals surface area (Å²) in [7, 11) is 1.61. The molecule has 0 atom stereocenters. The van der Waals surface area contributed by atoms with Gasteiger partial charge in [-0.3, -0.25) is 0 Å². The smallest absolute Gasteiger partial charge is 0.232 e. The van der Waals surface area contributed by atoms with Crippen molar-refractivity contribution in [1.29, 1.82) is 0 Å². The van der Waals surface area contributed by atoms with Crippen LogP contribution in [0.5, 0.6) is 11.6 Å². The van der Waals surface area contributed by atoms with Gasteiger partial charge >= 0.3 is 0 Å². The van der Waals surface area contributed by atoms with Gasteiger partial charge in [-0.15, -0.1) is 0 Å². The average molecular weight is 355 g/mol. The van der Waals surface area contributed by atoms with Crippen molar-refractivity contribution in [3.63, 3.8) is 0 Å². The molecule has 0 aliphatic rings. The molecule has 0 saturated heterocycles. The van der Waals surface area contributed by atoms with Gasteiger partial charge in [0.25, 0.3) is 0 Å². The molecular weight excluding hydrogens is 339 g/mol. The van der Waals surface area contributed by atoms with E-state index in [2.05, 4.69) is 15.3 Å². The quantitative estimate of drug-likeness (QED) is 0.472. The van der Waals surface area contributed by atoms with E-state index in [0.29, 0.717) is 29.1 Å². The molecule has 122 valence electrons. The molecule has 8 heteroatoms. The van der Waals surface area contributed by atoms with E-state index in [1.807, 2.05) is 24.3 Å². The number of halogens is 2. The first-order valence-corrected chi connectivity index (χ1v) is 7.49. The Kier molecular flexibility index (Phi) is 6.31. The number of anilines is 1. The number of ether oxygens (including phenoxy) is 2. The van der Waals surface area contributed by atoms with Crippen LogP contribution in [0.15, 0.2) is 41.5 Å². The van der Waals surface area contributed by atoms with E-state index < -0.39 is 0 Å². The van der Waals surface area contributed by atoms with Crippen LogP contribution in [-0.4, -0.2) is 31.2 Å². The van der Waals surface area contributed by atoms with Gasteiger partial charge in [0.15, 0.2) is 5.96 Å². The molecule has 1 aromatic carbocycles. The number of hydrogen-bond donors (Lipinski definition) is 2. The summed E-state index contributed by atoms with van der Waals surface area (Å²) < 4.78 is 10.5. The molecule has 3 N–H and O–H groups in total. The summed E-state index contributed by atoms with van der Waals surface area (Å²) in [6.45, 7) is 0.648. The molecule has 1 heterocycles.